The molecule has 0 unspecified atom stereocenters. The molecule has 0 radical (unpaired) electrons. The minimum absolute atomic E-state index is 0.335. The first-order valence-electron chi connectivity index (χ1n) is 9.58. The van der Waals surface area contributed by atoms with Crippen molar-refractivity contribution in [2.45, 2.75) is 31.7 Å². The van der Waals surface area contributed by atoms with Gasteiger partial charge in [0.15, 0.2) is 0 Å². The number of sulfonamides is 1. The summed E-state index contributed by atoms with van der Waals surface area (Å²) < 4.78 is 31.7. The van der Waals surface area contributed by atoms with Gasteiger partial charge in [0.1, 0.15) is 6.26 Å². The van der Waals surface area contributed by atoms with Gasteiger partial charge in [-0.1, -0.05) is 17.7 Å². The van der Waals surface area contributed by atoms with Gasteiger partial charge in [-0.05, 0) is 55.7 Å². The van der Waals surface area contributed by atoms with Gasteiger partial charge in [0.05, 0.1) is 17.1 Å². The van der Waals surface area contributed by atoms with Crippen LogP contribution in [0.3, 0.4) is 0 Å². The van der Waals surface area contributed by atoms with Gasteiger partial charge in [-0.2, -0.15) is 0 Å². The fourth-order valence-electron chi connectivity index (χ4n) is 3.73. The Morgan fingerprint density at radius 3 is 2.66 bits per heavy atom. The molecule has 0 saturated carbocycles. The lowest BCUT2D eigenvalue weighted by Gasteiger charge is -2.18. The topological polar surface area (TPSA) is 66.7 Å². The predicted molar refractivity (Wildman–Crippen MR) is 113 cm³/mol. The molecular formula is C22H25N3O3S. The molecule has 2 heterocycles. The van der Waals surface area contributed by atoms with Gasteiger partial charge in [-0.25, -0.2) is 17.7 Å². The Bertz CT molecular complexity index is 1170. The predicted octanol–water partition coefficient (Wildman–Crippen LogP) is 3.77. The van der Waals surface area contributed by atoms with E-state index in [0.717, 1.165) is 41.0 Å². The summed E-state index contributed by atoms with van der Waals surface area (Å²) in [4.78, 5) is 7.22. The van der Waals surface area contributed by atoms with Crippen molar-refractivity contribution in [1.82, 2.24) is 9.29 Å². The van der Waals surface area contributed by atoms with E-state index in [1.54, 1.807) is 32.5 Å². The van der Waals surface area contributed by atoms with Gasteiger partial charge in [0, 0.05) is 31.9 Å². The Labute approximate surface area is 171 Å². The van der Waals surface area contributed by atoms with Crippen LogP contribution in [0.1, 0.15) is 22.4 Å². The number of anilines is 1. The standard InChI is InChI=1S/C22H25N3O3S/c1-15-5-7-20(16(2)11-15)22-23-18(14-28-22)13-25-10-9-17-12-19(6-8-21(17)25)29(26,27)24(3)4/h5-8,11-12,14H,9-10,13H2,1-4H3. The zero-order valence-corrected chi connectivity index (χ0v) is 18.0. The van der Waals surface area contributed by atoms with E-state index in [-0.39, 0.29) is 0 Å². The summed E-state index contributed by atoms with van der Waals surface area (Å²) in [6.07, 6.45) is 2.52. The highest BCUT2D eigenvalue weighted by Crippen LogP contribution is 2.32. The minimum atomic E-state index is -3.42. The smallest absolute Gasteiger partial charge is 0.242 e. The van der Waals surface area contributed by atoms with Crippen LogP contribution in [0.15, 0.2) is 52.0 Å². The highest BCUT2D eigenvalue weighted by molar-refractivity contribution is 7.89. The van der Waals surface area contributed by atoms with E-state index in [9.17, 15) is 8.42 Å². The van der Waals surface area contributed by atoms with Gasteiger partial charge in [-0.3, -0.25) is 0 Å². The summed E-state index contributed by atoms with van der Waals surface area (Å²) >= 11 is 0. The Balaban J connectivity index is 1.55. The fourth-order valence-corrected chi connectivity index (χ4v) is 4.69. The highest BCUT2D eigenvalue weighted by Gasteiger charge is 2.24. The van der Waals surface area contributed by atoms with Crippen LogP contribution >= 0.6 is 0 Å². The van der Waals surface area contributed by atoms with Crippen molar-refractivity contribution in [3.05, 3.63) is 65.0 Å². The Kier molecular flexibility index (Phi) is 4.96. The van der Waals surface area contributed by atoms with Crippen molar-refractivity contribution in [2.24, 2.45) is 0 Å². The van der Waals surface area contributed by atoms with Crippen LogP contribution in [0.25, 0.3) is 11.5 Å². The van der Waals surface area contributed by atoms with E-state index in [1.807, 2.05) is 12.1 Å². The highest BCUT2D eigenvalue weighted by atomic mass is 32.2. The number of benzene rings is 2. The number of aromatic nitrogens is 1. The molecule has 0 atom stereocenters. The molecule has 2 aromatic carbocycles. The molecule has 152 valence electrons. The Morgan fingerprint density at radius 1 is 1.14 bits per heavy atom. The minimum Gasteiger partial charge on any atom is -0.444 e. The second kappa shape index (κ2) is 7.31. The second-order valence-electron chi connectivity index (χ2n) is 7.71. The number of nitrogens with zero attached hydrogens (tertiary/aromatic N) is 3. The fraction of sp³-hybridized carbons (Fsp3) is 0.318. The zero-order chi connectivity index (χ0) is 20.8. The molecule has 7 heteroatoms. The van der Waals surface area contributed by atoms with Crippen molar-refractivity contribution in [2.75, 3.05) is 25.5 Å². The first-order valence-corrected chi connectivity index (χ1v) is 11.0. The van der Waals surface area contributed by atoms with Crippen molar-refractivity contribution < 1.29 is 12.8 Å². The van der Waals surface area contributed by atoms with Gasteiger partial charge in [0.25, 0.3) is 0 Å². The molecule has 4 rings (SSSR count). The van der Waals surface area contributed by atoms with Gasteiger partial charge < -0.3 is 9.32 Å². The Hall–Kier alpha value is -2.64. The molecule has 6 nitrogen and oxygen atoms in total. The maximum absolute atomic E-state index is 12.4. The van der Waals surface area contributed by atoms with Crippen LogP contribution in [-0.2, 0) is 23.0 Å². The van der Waals surface area contributed by atoms with Crippen molar-refractivity contribution >= 4 is 15.7 Å². The molecule has 1 aromatic heterocycles. The molecule has 29 heavy (non-hydrogen) atoms. The lowest BCUT2D eigenvalue weighted by atomic mass is 10.1. The summed E-state index contributed by atoms with van der Waals surface area (Å²) in [7, 11) is -0.325. The summed E-state index contributed by atoms with van der Waals surface area (Å²) in [5, 5.41) is 0. The lowest BCUT2D eigenvalue weighted by molar-refractivity contribution is 0.520. The largest absolute Gasteiger partial charge is 0.444 e. The van der Waals surface area contributed by atoms with Crippen LogP contribution in [0.2, 0.25) is 0 Å². The SMILES string of the molecule is Cc1ccc(-c2nc(CN3CCc4cc(S(=O)(=O)N(C)C)ccc43)co2)c(C)c1. The van der Waals surface area contributed by atoms with Gasteiger partial charge in [0.2, 0.25) is 15.9 Å². The van der Waals surface area contributed by atoms with Crippen LogP contribution in [0.4, 0.5) is 5.69 Å². The third-order valence-electron chi connectivity index (χ3n) is 5.34. The van der Waals surface area contributed by atoms with Gasteiger partial charge in [-0.15, -0.1) is 0 Å². The number of oxazole rings is 1. The van der Waals surface area contributed by atoms with Crippen molar-refractivity contribution in [3.63, 3.8) is 0 Å². The molecule has 3 aromatic rings. The average Bonchev–Trinajstić information content (AvgIpc) is 3.29. The van der Waals surface area contributed by atoms with Gasteiger partial charge >= 0.3 is 0 Å². The quantitative estimate of drug-likeness (QED) is 0.639. The average molecular weight is 412 g/mol. The molecule has 1 aliphatic heterocycles. The van der Waals surface area contributed by atoms with E-state index < -0.39 is 10.0 Å². The van der Waals surface area contributed by atoms with E-state index >= 15 is 0 Å². The van der Waals surface area contributed by atoms with E-state index in [2.05, 4.69) is 35.9 Å². The maximum Gasteiger partial charge on any atom is 0.242 e. The molecule has 0 saturated heterocycles. The third-order valence-corrected chi connectivity index (χ3v) is 7.15. The summed E-state index contributed by atoms with van der Waals surface area (Å²) in [5.41, 5.74) is 6.31. The zero-order valence-electron chi connectivity index (χ0n) is 17.1. The van der Waals surface area contributed by atoms with Crippen molar-refractivity contribution in [1.29, 1.82) is 0 Å². The molecular weight excluding hydrogens is 386 g/mol. The molecule has 0 spiro atoms. The molecule has 0 fully saturated rings. The van der Waals surface area contributed by atoms with E-state index in [1.165, 1.54) is 9.87 Å². The second-order valence-corrected chi connectivity index (χ2v) is 9.86. The number of hydrogen-bond acceptors (Lipinski definition) is 5. The van der Waals surface area contributed by atoms with Crippen molar-refractivity contribution in [3.8, 4) is 11.5 Å². The van der Waals surface area contributed by atoms with E-state index in [4.69, 9.17) is 4.42 Å². The number of rotatable bonds is 5. The summed E-state index contributed by atoms with van der Waals surface area (Å²) in [6, 6.07) is 11.6. The van der Waals surface area contributed by atoms with E-state index in [0.29, 0.717) is 17.3 Å². The molecule has 0 N–H and O–H groups in total. The molecule has 0 amide bonds. The molecule has 1 aliphatic rings. The number of fused-ring (bicyclic) bond motifs is 1. The van der Waals surface area contributed by atoms with Crippen LogP contribution < -0.4 is 4.90 Å². The van der Waals surface area contributed by atoms with Crippen LogP contribution in [0, 0.1) is 13.8 Å². The maximum atomic E-state index is 12.4. The summed E-state index contributed by atoms with van der Waals surface area (Å²) in [6.45, 7) is 5.58. The summed E-state index contributed by atoms with van der Waals surface area (Å²) in [5.74, 6) is 0.629. The first kappa shape index (κ1) is 19.7. The number of aryl methyl sites for hydroxylation is 2. The number of hydrogen-bond donors (Lipinski definition) is 0. The van der Waals surface area contributed by atoms with Crippen LogP contribution in [0.5, 0.6) is 0 Å². The van der Waals surface area contributed by atoms with Crippen LogP contribution in [-0.4, -0.2) is 38.3 Å². The first-order chi connectivity index (χ1) is 13.8. The molecule has 0 bridgehead atoms. The monoisotopic (exact) mass is 411 g/mol. The lowest BCUT2D eigenvalue weighted by Crippen LogP contribution is -2.22. The Morgan fingerprint density at radius 2 is 1.93 bits per heavy atom. The molecule has 0 aliphatic carbocycles. The normalized spacial score (nSPS) is 13.9. The third kappa shape index (κ3) is 3.68.